The number of fused-ring (bicyclic) bond motifs is 1. The fraction of sp³-hybridized carbons (Fsp3) is 0.167. The van der Waals surface area contributed by atoms with Crippen LogP contribution in [-0.2, 0) is 11.3 Å². The van der Waals surface area contributed by atoms with Crippen molar-refractivity contribution in [3.63, 3.8) is 0 Å². The number of aliphatic carboxylic acids is 1. The van der Waals surface area contributed by atoms with E-state index in [0.29, 0.717) is 19.4 Å². The Morgan fingerprint density at radius 1 is 1.13 bits per heavy atom. The van der Waals surface area contributed by atoms with Crippen LogP contribution in [0.5, 0.6) is 0 Å². The van der Waals surface area contributed by atoms with E-state index in [1.807, 2.05) is 66.9 Å². The molecule has 0 spiro atoms. The third kappa shape index (κ3) is 4.87. The highest BCUT2D eigenvalue weighted by Crippen LogP contribution is 2.33. The quantitative estimate of drug-likeness (QED) is 0.401. The van der Waals surface area contributed by atoms with Crippen molar-refractivity contribution in [3.8, 4) is 17.3 Å². The van der Waals surface area contributed by atoms with Gasteiger partial charge in [0.05, 0.1) is 34.9 Å². The third-order valence-corrected chi connectivity index (χ3v) is 5.91. The van der Waals surface area contributed by atoms with Gasteiger partial charge in [0, 0.05) is 23.7 Å². The van der Waals surface area contributed by atoms with E-state index in [0.717, 1.165) is 37.6 Å². The van der Waals surface area contributed by atoms with Gasteiger partial charge < -0.3 is 5.11 Å². The average Bonchev–Trinajstić information content (AvgIpc) is 3.39. The standard InChI is InChI=1S/C24H20N4O2S/c25-13-6-14-28-16-19(23(27-28)17-7-2-1-3-8-17)15-18(11-12-22(29)30)24-26-20-9-4-5-10-21(20)31-24/h1-5,7-10,15-16H,6,11-12,14H2,(H,29,30)/b18-15+. The minimum Gasteiger partial charge on any atom is -0.481 e. The first-order valence-corrected chi connectivity index (χ1v) is 10.7. The summed E-state index contributed by atoms with van der Waals surface area (Å²) in [6, 6.07) is 19.9. The number of allylic oxidation sites excluding steroid dienone is 1. The van der Waals surface area contributed by atoms with E-state index in [1.165, 1.54) is 0 Å². The van der Waals surface area contributed by atoms with Crippen LogP contribution in [-0.4, -0.2) is 25.8 Å². The molecule has 2 heterocycles. The third-order valence-electron chi connectivity index (χ3n) is 4.80. The molecular weight excluding hydrogens is 408 g/mol. The first-order chi connectivity index (χ1) is 15.1. The summed E-state index contributed by atoms with van der Waals surface area (Å²) in [6.07, 6.45) is 4.65. The lowest BCUT2D eigenvalue weighted by atomic mass is 10.0. The fourth-order valence-electron chi connectivity index (χ4n) is 3.32. The molecule has 0 aliphatic heterocycles. The van der Waals surface area contributed by atoms with Crippen LogP contribution < -0.4 is 0 Å². The van der Waals surface area contributed by atoms with Gasteiger partial charge in [-0.2, -0.15) is 10.4 Å². The van der Waals surface area contributed by atoms with Gasteiger partial charge in [-0.05, 0) is 30.2 Å². The van der Waals surface area contributed by atoms with Crippen LogP contribution >= 0.6 is 11.3 Å². The van der Waals surface area contributed by atoms with Gasteiger partial charge in [-0.25, -0.2) is 4.98 Å². The summed E-state index contributed by atoms with van der Waals surface area (Å²) in [7, 11) is 0. The molecule has 7 heteroatoms. The molecule has 2 aromatic carbocycles. The molecule has 0 saturated heterocycles. The lowest BCUT2D eigenvalue weighted by Gasteiger charge is -2.04. The van der Waals surface area contributed by atoms with Gasteiger partial charge in [0.15, 0.2) is 0 Å². The van der Waals surface area contributed by atoms with Gasteiger partial charge in [0.2, 0.25) is 0 Å². The fourth-order valence-corrected chi connectivity index (χ4v) is 4.33. The Hall–Kier alpha value is -3.76. The van der Waals surface area contributed by atoms with Crippen LogP contribution in [0, 0.1) is 11.3 Å². The number of aromatic nitrogens is 3. The molecule has 0 bridgehead atoms. The summed E-state index contributed by atoms with van der Waals surface area (Å²) >= 11 is 1.56. The van der Waals surface area contributed by atoms with Gasteiger partial charge in [-0.3, -0.25) is 9.48 Å². The summed E-state index contributed by atoms with van der Waals surface area (Å²) in [5, 5.41) is 23.7. The number of para-hydroxylation sites is 1. The number of nitriles is 1. The van der Waals surface area contributed by atoms with Gasteiger partial charge in [-0.1, -0.05) is 42.5 Å². The van der Waals surface area contributed by atoms with E-state index in [-0.39, 0.29) is 6.42 Å². The Morgan fingerprint density at radius 2 is 1.90 bits per heavy atom. The molecular formula is C24H20N4O2S. The second-order valence-corrected chi connectivity index (χ2v) is 8.05. The van der Waals surface area contributed by atoms with Crippen LogP contribution in [0.25, 0.3) is 33.1 Å². The van der Waals surface area contributed by atoms with Gasteiger partial charge in [-0.15, -0.1) is 11.3 Å². The maximum atomic E-state index is 11.3. The Balaban J connectivity index is 1.81. The molecule has 4 rings (SSSR count). The molecule has 1 N–H and O–H groups in total. The van der Waals surface area contributed by atoms with Crippen molar-refractivity contribution in [2.24, 2.45) is 0 Å². The number of benzene rings is 2. The van der Waals surface area contributed by atoms with E-state index in [9.17, 15) is 9.90 Å². The van der Waals surface area contributed by atoms with Crippen molar-refractivity contribution in [1.29, 1.82) is 5.26 Å². The highest BCUT2D eigenvalue weighted by Gasteiger charge is 2.15. The number of carboxylic acid groups (broad SMARTS) is 1. The molecule has 0 radical (unpaired) electrons. The van der Waals surface area contributed by atoms with Crippen LogP contribution in [0.4, 0.5) is 0 Å². The molecule has 0 aliphatic carbocycles. The number of rotatable bonds is 8. The molecule has 6 nitrogen and oxygen atoms in total. The maximum Gasteiger partial charge on any atom is 0.303 e. The zero-order valence-corrected chi connectivity index (χ0v) is 17.5. The van der Waals surface area contributed by atoms with Crippen LogP contribution in [0.2, 0.25) is 0 Å². The molecule has 31 heavy (non-hydrogen) atoms. The number of thiazole rings is 1. The molecule has 0 atom stereocenters. The Bertz CT molecular complexity index is 1250. The predicted octanol–water partition coefficient (Wildman–Crippen LogP) is 5.48. The van der Waals surface area contributed by atoms with E-state index in [4.69, 9.17) is 15.3 Å². The largest absolute Gasteiger partial charge is 0.481 e. The van der Waals surface area contributed by atoms with Crippen molar-refractivity contribution >= 4 is 39.2 Å². The molecule has 154 valence electrons. The average molecular weight is 429 g/mol. The van der Waals surface area contributed by atoms with Crippen LogP contribution in [0.3, 0.4) is 0 Å². The van der Waals surface area contributed by atoms with Crippen molar-refractivity contribution in [3.05, 3.63) is 71.4 Å². The zero-order valence-electron chi connectivity index (χ0n) is 16.7. The molecule has 4 aromatic rings. The monoisotopic (exact) mass is 428 g/mol. The minimum absolute atomic E-state index is 0.0188. The summed E-state index contributed by atoms with van der Waals surface area (Å²) < 4.78 is 2.83. The second-order valence-electron chi connectivity index (χ2n) is 7.02. The summed E-state index contributed by atoms with van der Waals surface area (Å²) in [6.45, 7) is 0.496. The number of hydrogen-bond donors (Lipinski definition) is 1. The summed E-state index contributed by atoms with van der Waals surface area (Å²) in [4.78, 5) is 16.0. The van der Waals surface area contributed by atoms with E-state index >= 15 is 0 Å². The first-order valence-electron chi connectivity index (χ1n) is 9.92. The normalized spacial score (nSPS) is 11.5. The first kappa shape index (κ1) is 20.5. The van der Waals surface area contributed by atoms with Gasteiger partial charge in [0.25, 0.3) is 0 Å². The number of nitrogens with zero attached hydrogens (tertiary/aromatic N) is 4. The highest BCUT2D eigenvalue weighted by molar-refractivity contribution is 7.19. The van der Waals surface area contributed by atoms with Crippen molar-refractivity contribution in [1.82, 2.24) is 14.8 Å². The van der Waals surface area contributed by atoms with Crippen molar-refractivity contribution in [2.75, 3.05) is 0 Å². The molecule has 2 aromatic heterocycles. The Kier molecular flexibility index (Phi) is 6.20. The smallest absolute Gasteiger partial charge is 0.303 e. The van der Waals surface area contributed by atoms with E-state index in [2.05, 4.69) is 6.07 Å². The SMILES string of the molecule is N#CCCn1cc(/C=C(\CCC(=O)O)c2nc3ccccc3s2)c(-c2ccccc2)n1. The van der Waals surface area contributed by atoms with Gasteiger partial charge >= 0.3 is 5.97 Å². The Labute approximate surface area is 183 Å². The molecule has 0 unspecified atom stereocenters. The second kappa shape index (κ2) is 9.37. The molecule has 0 saturated carbocycles. The summed E-state index contributed by atoms with van der Waals surface area (Å²) in [5.74, 6) is -0.847. The number of carbonyl (C=O) groups is 1. The zero-order chi connectivity index (χ0) is 21.6. The number of carboxylic acids is 1. The molecule has 0 amide bonds. The molecule has 0 aliphatic rings. The van der Waals surface area contributed by atoms with Crippen molar-refractivity contribution < 1.29 is 9.90 Å². The van der Waals surface area contributed by atoms with Crippen LogP contribution in [0.15, 0.2) is 60.8 Å². The van der Waals surface area contributed by atoms with Crippen LogP contribution in [0.1, 0.15) is 29.8 Å². The maximum absolute atomic E-state index is 11.3. The van der Waals surface area contributed by atoms with Crippen molar-refractivity contribution in [2.45, 2.75) is 25.8 Å². The Morgan fingerprint density at radius 3 is 2.65 bits per heavy atom. The molecule has 0 fully saturated rings. The lowest BCUT2D eigenvalue weighted by Crippen LogP contribution is -1.97. The lowest BCUT2D eigenvalue weighted by molar-refractivity contribution is -0.136. The highest BCUT2D eigenvalue weighted by atomic mass is 32.1. The van der Waals surface area contributed by atoms with E-state index in [1.54, 1.807) is 16.0 Å². The topological polar surface area (TPSA) is 91.8 Å². The number of aryl methyl sites for hydroxylation is 1. The van der Waals surface area contributed by atoms with E-state index < -0.39 is 5.97 Å². The summed E-state index contributed by atoms with van der Waals surface area (Å²) in [5.41, 5.74) is 4.40. The predicted molar refractivity (Wildman–Crippen MR) is 122 cm³/mol. The minimum atomic E-state index is -0.847. The van der Waals surface area contributed by atoms with Gasteiger partial charge in [0.1, 0.15) is 5.01 Å². The number of hydrogen-bond acceptors (Lipinski definition) is 5.